The predicted octanol–water partition coefficient (Wildman–Crippen LogP) is 2.92. The van der Waals surface area contributed by atoms with Crippen LogP contribution in [-0.4, -0.2) is 36.7 Å². The summed E-state index contributed by atoms with van der Waals surface area (Å²) < 4.78 is 10.4. The van der Waals surface area contributed by atoms with Gasteiger partial charge in [0.05, 0.1) is 0 Å². The maximum atomic E-state index is 12.0. The molecule has 7 nitrogen and oxygen atoms in total. The molecule has 0 aliphatic heterocycles. The Morgan fingerprint density at radius 2 is 1.67 bits per heavy atom. The zero-order chi connectivity index (χ0) is 20.6. The summed E-state index contributed by atoms with van der Waals surface area (Å²) in [6, 6.07) is 6.78. The van der Waals surface area contributed by atoms with Crippen LogP contribution >= 0.6 is 0 Å². The highest BCUT2D eigenvalue weighted by atomic mass is 16.6. The molecule has 0 aliphatic rings. The van der Waals surface area contributed by atoms with Crippen molar-refractivity contribution in [2.24, 2.45) is 0 Å². The molecule has 0 aromatic heterocycles. The van der Waals surface area contributed by atoms with Crippen molar-refractivity contribution in [1.29, 1.82) is 0 Å². The number of imide groups is 1. The monoisotopic (exact) mass is 378 g/mol. The molecule has 0 spiro atoms. The van der Waals surface area contributed by atoms with Gasteiger partial charge in [-0.2, -0.15) is 0 Å². The summed E-state index contributed by atoms with van der Waals surface area (Å²) in [6.07, 6.45) is -0.144. The summed E-state index contributed by atoms with van der Waals surface area (Å²) in [4.78, 5) is 35.1. The molecule has 2 atom stereocenters. The Morgan fingerprint density at radius 3 is 2.19 bits per heavy atom. The summed E-state index contributed by atoms with van der Waals surface area (Å²) in [5.74, 6) is -0.858. The van der Waals surface area contributed by atoms with Crippen LogP contribution in [0.15, 0.2) is 24.3 Å². The summed E-state index contributed by atoms with van der Waals surface area (Å²) in [5, 5.41) is 4.68. The first-order chi connectivity index (χ1) is 12.5. The van der Waals surface area contributed by atoms with Gasteiger partial charge in [0.25, 0.3) is 5.91 Å². The lowest BCUT2D eigenvalue weighted by Gasteiger charge is -2.20. The van der Waals surface area contributed by atoms with Gasteiger partial charge in [-0.3, -0.25) is 10.1 Å². The van der Waals surface area contributed by atoms with E-state index in [1.165, 1.54) is 6.92 Å². The average Bonchev–Trinajstić information content (AvgIpc) is 2.58. The van der Waals surface area contributed by atoms with Crippen LogP contribution < -0.4 is 15.4 Å². The zero-order valence-corrected chi connectivity index (χ0v) is 16.9. The number of nitrogens with one attached hydrogen (secondary N) is 2. The van der Waals surface area contributed by atoms with Gasteiger partial charge in [0.15, 0.2) is 12.7 Å². The van der Waals surface area contributed by atoms with E-state index in [-0.39, 0.29) is 11.5 Å². The van der Waals surface area contributed by atoms with Crippen LogP contribution in [0.5, 0.6) is 5.75 Å². The van der Waals surface area contributed by atoms with Crippen LogP contribution in [-0.2, 0) is 19.7 Å². The van der Waals surface area contributed by atoms with E-state index >= 15 is 0 Å². The van der Waals surface area contributed by atoms with Crippen LogP contribution in [0.25, 0.3) is 0 Å². The van der Waals surface area contributed by atoms with Crippen molar-refractivity contribution < 1.29 is 23.9 Å². The quantitative estimate of drug-likeness (QED) is 0.712. The number of carbonyl (C=O) groups is 3. The summed E-state index contributed by atoms with van der Waals surface area (Å²) in [6.45, 7) is 11.0. The maximum Gasteiger partial charge on any atom is 0.347 e. The number of ether oxygens (including phenoxy) is 2. The minimum Gasteiger partial charge on any atom is -0.479 e. The van der Waals surface area contributed by atoms with Gasteiger partial charge >= 0.3 is 12.0 Å². The van der Waals surface area contributed by atoms with Crippen LogP contribution in [0.3, 0.4) is 0 Å². The van der Waals surface area contributed by atoms with Gasteiger partial charge in [-0.25, -0.2) is 9.59 Å². The van der Waals surface area contributed by atoms with Gasteiger partial charge in [-0.05, 0) is 43.4 Å². The Morgan fingerprint density at radius 1 is 1.07 bits per heavy atom. The molecular formula is C20H30N2O5. The van der Waals surface area contributed by atoms with Crippen molar-refractivity contribution in [3.05, 3.63) is 29.8 Å². The first kappa shape index (κ1) is 22.5. The molecule has 1 aromatic rings. The van der Waals surface area contributed by atoms with Crippen molar-refractivity contribution in [2.75, 3.05) is 6.61 Å². The third kappa shape index (κ3) is 8.11. The highest BCUT2D eigenvalue weighted by molar-refractivity contribution is 5.95. The molecule has 1 rings (SSSR count). The van der Waals surface area contributed by atoms with Gasteiger partial charge in [-0.15, -0.1) is 0 Å². The second-order valence-electron chi connectivity index (χ2n) is 7.47. The van der Waals surface area contributed by atoms with Crippen molar-refractivity contribution in [3.8, 4) is 5.75 Å². The number of carbonyl (C=O) groups excluding carboxylic acids is 3. The van der Waals surface area contributed by atoms with E-state index < -0.39 is 30.6 Å². The van der Waals surface area contributed by atoms with Crippen molar-refractivity contribution in [1.82, 2.24) is 10.6 Å². The second kappa shape index (κ2) is 9.94. The normalized spacial score (nSPS) is 13.3. The number of benzene rings is 1. The topological polar surface area (TPSA) is 93.7 Å². The van der Waals surface area contributed by atoms with Crippen LogP contribution in [0.2, 0.25) is 0 Å². The molecular weight excluding hydrogens is 348 g/mol. The van der Waals surface area contributed by atoms with E-state index in [9.17, 15) is 14.4 Å². The number of rotatable bonds is 7. The van der Waals surface area contributed by atoms with E-state index in [1.54, 1.807) is 12.1 Å². The minimum absolute atomic E-state index is 0.0254. The standard InChI is InChI=1S/C20H30N2O5/c1-7-13(2)21-19(25)22-17(23)12-26-18(24)14(3)27-16-10-8-15(9-11-16)20(4,5)6/h8-11,13-14H,7,12H2,1-6H3,(H2,21,22,23,25)/t13-,14+/m0/s1. The Balaban J connectivity index is 2.44. The summed E-state index contributed by atoms with van der Waals surface area (Å²) in [5.41, 5.74) is 1.18. The predicted molar refractivity (Wildman–Crippen MR) is 103 cm³/mol. The van der Waals surface area contributed by atoms with Gasteiger partial charge in [0.1, 0.15) is 5.75 Å². The fourth-order valence-corrected chi connectivity index (χ4v) is 2.06. The van der Waals surface area contributed by atoms with E-state index in [2.05, 4.69) is 31.4 Å². The minimum atomic E-state index is -0.882. The van der Waals surface area contributed by atoms with Gasteiger partial charge in [0, 0.05) is 6.04 Å². The van der Waals surface area contributed by atoms with E-state index in [0.29, 0.717) is 5.75 Å². The van der Waals surface area contributed by atoms with Crippen molar-refractivity contribution in [3.63, 3.8) is 0 Å². The zero-order valence-electron chi connectivity index (χ0n) is 16.9. The van der Waals surface area contributed by atoms with Crippen molar-refractivity contribution >= 4 is 17.9 Å². The third-order valence-corrected chi connectivity index (χ3v) is 3.95. The molecule has 3 amide bonds. The highest BCUT2D eigenvalue weighted by Gasteiger charge is 2.19. The average molecular weight is 378 g/mol. The largest absolute Gasteiger partial charge is 0.479 e. The van der Waals surface area contributed by atoms with Gasteiger partial charge in [-0.1, -0.05) is 39.8 Å². The first-order valence-electron chi connectivity index (χ1n) is 9.07. The van der Waals surface area contributed by atoms with E-state index in [1.807, 2.05) is 26.0 Å². The Labute approximate surface area is 160 Å². The van der Waals surface area contributed by atoms with E-state index in [4.69, 9.17) is 9.47 Å². The highest BCUT2D eigenvalue weighted by Crippen LogP contribution is 2.24. The maximum absolute atomic E-state index is 12.0. The van der Waals surface area contributed by atoms with Gasteiger partial charge in [0.2, 0.25) is 0 Å². The third-order valence-electron chi connectivity index (χ3n) is 3.95. The second-order valence-corrected chi connectivity index (χ2v) is 7.47. The van der Waals surface area contributed by atoms with Crippen LogP contribution in [0.1, 0.15) is 53.5 Å². The molecule has 7 heteroatoms. The van der Waals surface area contributed by atoms with Gasteiger partial charge < -0.3 is 14.8 Å². The summed E-state index contributed by atoms with van der Waals surface area (Å²) in [7, 11) is 0. The molecule has 1 aromatic carbocycles. The molecule has 27 heavy (non-hydrogen) atoms. The molecule has 0 radical (unpaired) electrons. The fourth-order valence-electron chi connectivity index (χ4n) is 2.06. The summed E-state index contributed by atoms with van der Waals surface area (Å²) >= 11 is 0. The Hall–Kier alpha value is -2.57. The lowest BCUT2D eigenvalue weighted by Crippen LogP contribution is -2.45. The Kier molecular flexibility index (Phi) is 8.28. The molecule has 150 valence electrons. The molecule has 0 saturated heterocycles. The number of esters is 1. The molecule has 0 fully saturated rings. The molecule has 0 aliphatic carbocycles. The first-order valence-corrected chi connectivity index (χ1v) is 9.07. The van der Waals surface area contributed by atoms with Crippen LogP contribution in [0.4, 0.5) is 4.79 Å². The lowest BCUT2D eigenvalue weighted by molar-refractivity contribution is -0.154. The van der Waals surface area contributed by atoms with Crippen molar-refractivity contribution in [2.45, 2.75) is 65.5 Å². The Bertz CT molecular complexity index is 649. The number of hydrogen-bond donors (Lipinski definition) is 2. The molecule has 0 heterocycles. The molecule has 0 unspecified atom stereocenters. The number of amides is 3. The smallest absolute Gasteiger partial charge is 0.347 e. The number of hydrogen-bond acceptors (Lipinski definition) is 5. The number of urea groups is 1. The molecule has 2 N–H and O–H groups in total. The molecule has 0 saturated carbocycles. The SMILES string of the molecule is CC[C@H](C)NC(=O)NC(=O)COC(=O)[C@@H](C)Oc1ccc(C(C)(C)C)cc1. The van der Waals surface area contributed by atoms with Crippen LogP contribution in [0, 0.1) is 0 Å². The van der Waals surface area contributed by atoms with E-state index in [0.717, 1.165) is 12.0 Å². The molecule has 0 bridgehead atoms. The lowest BCUT2D eigenvalue weighted by atomic mass is 9.87. The fraction of sp³-hybridized carbons (Fsp3) is 0.550.